The van der Waals surface area contributed by atoms with Gasteiger partial charge in [0.05, 0.1) is 42.8 Å². The molecule has 1 saturated heterocycles. The van der Waals surface area contributed by atoms with Crippen molar-refractivity contribution in [3.05, 3.63) is 70.4 Å². The highest BCUT2D eigenvalue weighted by atomic mass is 19.4. The third kappa shape index (κ3) is 4.66. The molecule has 0 saturated carbocycles. The maximum atomic E-state index is 13.6. The number of benzene rings is 1. The van der Waals surface area contributed by atoms with Crippen LogP contribution in [0.2, 0.25) is 0 Å². The smallest absolute Gasteiger partial charge is 0.422 e. The van der Waals surface area contributed by atoms with Gasteiger partial charge in [-0.3, -0.25) is 9.59 Å². The van der Waals surface area contributed by atoms with Crippen molar-refractivity contribution in [1.29, 1.82) is 0 Å². The second kappa shape index (κ2) is 9.27. The van der Waals surface area contributed by atoms with Gasteiger partial charge in [0.1, 0.15) is 22.9 Å². The Hall–Kier alpha value is -4.04. The van der Waals surface area contributed by atoms with Crippen molar-refractivity contribution in [3.63, 3.8) is 0 Å². The fraction of sp³-hybridized carbons (Fsp3) is 0.385. The molecule has 3 aliphatic rings. The Morgan fingerprint density at radius 3 is 2.73 bits per heavy atom. The number of ether oxygens (including phenoxy) is 2. The van der Waals surface area contributed by atoms with Crippen molar-refractivity contribution < 1.29 is 41.7 Å². The number of halogens is 4. The molecule has 2 amide bonds. The molecule has 1 fully saturated rings. The topological polar surface area (TPSA) is 128 Å². The molecule has 210 valence electrons. The Bertz CT molecular complexity index is 1500. The number of aryl methyl sites for hydroxylation is 1. The van der Waals surface area contributed by atoms with Crippen LogP contribution in [-0.2, 0) is 23.1 Å². The summed E-state index contributed by atoms with van der Waals surface area (Å²) < 4.78 is 62.4. The summed E-state index contributed by atoms with van der Waals surface area (Å²) >= 11 is 0. The number of fused-ring (bicyclic) bond motifs is 3. The number of hydrogen-bond donors (Lipinski definition) is 3. The van der Waals surface area contributed by atoms with Crippen LogP contribution < -0.4 is 15.4 Å². The van der Waals surface area contributed by atoms with E-state index in [1.165, 1.54) is 22.9 Å². The molecule has 3 aromatic rings. The molecule has 3 N–H and O–H groups in total. The zero-order valence-electron chi connectivity index (χ0n) is 20.8. The largest absolute Gasteiger partial charge is 0.484 e. The van der Waals surface area contributed by atoms with Crippen molar-refractivity contribution >= 4 is 11.8 Å². The number of alkyl halides is 3. The van der Waals surface area contributed by atoms with Crippen LogP contribution in [0, 0.1) is 5.82 Å². The second-order valence-corrected chi connectivity index (χ2v) is 10.3. The predicted molar refractivity (Wildman–Crippen MR) is 129 cm³/mol. The van der Waals surface area contributed by atoms with E-state index >= 15 is 0 Å². The first-order valence-corrected chi connectivity index (χ1v) is 12.4. The fourth-order valence-corrected chi connectivity index (χ4v) is 5.37. The number of carbonyl (C=O) groups is 2. The molecular weight excluding hydrogens is 538 g/mol. The van der Waals surface area contributed by atoms with Gasteiger partial charge in [-0.2, -0.15) is 18.3 Å². The number of pyridine rings is 1. The quantitative estimate of drug-likeness (QED) is 0.393. The van der Waals surface area contributed by atoms with Gasteiger partial charge in [0.2, 0.25) is 0 Å². The van der Waals surface area contributed by atoms with Gasteiger partial charge in [-0.1, -0.05) is 6.07 Å². The predicted octanol–water partition coefficient (Wildman–Crippen LogP) is 1.97. The molecule has 1 atom stereocenters. The number of nitrogens with zero attached hydrogens (tertiary/aromatic N) is 3. The summed E-state index contributed by atoms with van der Waals surface area (Å²) in [6, 6.07) is 7.05. The minimum atomic E-state index is -4.47. The van der Waals surface area contributed by atoms with E-state index < -0.39 is 41.6 Å². The molecule has 2 aromatic heterocycles. The summed E-state index contributed by atoms with van der Waals surface area (Å²) in [6.07, 6.45) is -2.40. The van der Waals surface area contributed by atoms with Crippen molar-refractivity contribution in [2.45, 2.75) is 36.6 Å². The summed E-state index contributed by atoms with van der Waals surface area (Å²) in [7, 11) is 0. The van der Waals surface area contributed by atoms with Gasteiger partial charge in [-0.25, -0.2) is 14.1 Å². The summed E-state index contributed by atoms with van der Waals surface area (Å²) in [4.78, 5) is 31.0. The average Bonchev–Trinajstić information content (AvgIpc) is 3.44. The lowest BCUT2D eigenvalue weighted by atomic mass is 9.82. The van der Waals surface area contributed by atoms with Crippen LogP contribution in [0.15, 0.2) is 36.5 Å². The van der Waals surface area contributed by atoms with Gasteiger partial charge in [-0.15, -0.1) is 0 Å². The molecule has 14 heteroatoms. The molecule has 0 radical (unpaired) electrons. The van der Waals surface area contributed by atoms with Crippen molar-refractivity contribution in [2.75, 3.05) is 26.4 Å². The Morgan fingerprint density at radius 2 is 2.05 bits per heavy atom. The Labute approximate surface area is 224 Å². The molecule has 1 aromatic carbocycles. The number of carbonyl (C=O) groups excluding carboxylic acids is 2. The van der Waals surface area contributed by atoms with E-state index in [4.69, 9.17) is 9.47 Å². The van der Waals surface area contributed by atoms with Crippen LogP contribution in [0.3, 0.4) is 0 Å². The highest BCUT2D eigenvalue weighted by Crippen LogP contribution is 2.44. The molecule has 10 nitrogen and oxygen atoms in total. The number of amides is 2. The van der Waals surface area contributed by atoms with Crippen molar-refractivity contribution in [1.82, 2.24) is 25.4 Å². The fourth-order valence-electron chi connectivity index (χ4n) is 5.37. The number of hydrogen-bond acceptors (Lipinski definition) is 7. The van der Waals surface area contributed by atoms with Crippen LogP contribution in [-0.4, -0.2) is 69.8 Å². The van der Waals surface area contributed by atoms with E-state index in [2.05, 4.69) is 20.7 Å². The number of aliphatic hydroxyl groups is 1. The molecule has 0 bridgehead atoms. The van der Waals surface area contributed by atoms with Crippen molar-refractivity contribution in [2.24, 2.45) is 0 Å². The molecule has 40 heavy (non-hydrogen) atoms. The van der Waals surface area contributed by atoms with Crippen LogP contribution >= 0.6 is 0 Å². The highest BCUT2D eigenvalue weighted by Gasteiger charge is 2.47. The minimum absolute atomic E-state index is 0.0182. The standard InChI is InChI=1S/C26H23F4N5O5/c27-15-1-4-19(31-9-15)35-21(23(37)32-10-24(38)11-39-12-24)20-18(34-35)8-25(33-22(20)36)6-5-14-7-16(2-3-17(14)25)40-13-26(28,29)30/h1-4,7,9,38H,5-6,8,10-13H2,(H,32,37)(H,33,36)/t25-/m0/s1. The van der Waals surface area contributed by atoms with Crippen LogP contribution in [0.25, 0.3) is 5.82 Å². The molecule has 0 unspecified atom stereocenters. The van der Waals surface area contributed by atoms with E-state index in [0.29, 0.717) is 18.5 Å². The molecule has 1 aliphatic carbocycles. The molecule has 4 heterocycles. The Balaban J connectivity index is 1.35. The lowest BCUT2D eigenvalue weighted by Gasteiger charge is -2.36. The number of nitrogens with one attached hydrogen (secondary N) is 2. The molecular formula is C26H23F4N5O5. The minimum Gasteiger partial charge on any atom is -0.484 e. The van der Waals surface area contributed by atoms with Gasteiger partial charge in [0.15, 0.2) is 12.4 Å². The first-order valence-electron chi connectivity index (χ1n) is 12.4. The third-order valence-corrected chi connectivity index (χ3v) is 7.29. The molecule has 6 rings (SSSR count). The van der Waals surface area contributed by atoms with Crippen LogP contribution in [0.5, 0.6) is 5.75 Å². The van der Waals surface area contributed by atoms with Gasteiger partial charge in [0, 0.05) is 6.42 Å². The average molecular weight is 561 g/mol. The van der Waals surface area contributed by atoms with Gasteiger partial charge >= 0.3 is 6.18 Å². The van der Waals surface area contributed by atoms with Gasteiger partial charge in [-0.05, 0) is 48.2 Å². The van der Waals surface area contributed by atoms with E-state index in [9.17, 15) is 32.3 Å². The Kier molecular flexibility index (Phi) is 6.07. The van der Waals surface area contributed by atoms with E-state index in [1.807, 2.05) is 0 Å². The third-order valence-electron chi connectivity index (χ3n) is 7.29. The summed E-state index contributed by atoms with van der Waals surface area (Å²) in [5, 5.41) is 20.5. The second-order valence-electron chi connectivity index (χ2n) is 10.3. The summed E-state index contributed by atoms with van der Waals surface area (Å²) in [6.45, 7) is -1.44. The summed E-state index contributed by atoms with van der Waals surface area (Å²) in [5.41, 5.74) is -0.476. The zero-order valence-corrected chi connectivity index (χ0v) is 20.8. The van der Waals surface area contributed by atoms with E-state index in [1.54, 1.807) is 6.07 Å². The lowest BCUT2D eigenvalue weighted by Crippen LogP contribution is -2.57. The zero-order chi connectivity index (χ0) is 28.3. The molecule has 2 aliphatic heterocycles. The highest BCUT2D eigenvalue weighted by molar-refractivity contribution is 6.08. The van der Waals surface area contributed by atoms with Crippen LogP contribution in [0.4, 0.5) is 17.6 Å². The normalized spacial score (nSPS) is 20.9. The van der Waals surface area contributed by atoms with Crippen molar-refractivity contribution in [3.8, 4) is 11.6 Å². The number of rotatable bonds is 6. The van der Waals surface area contributed by atoms with Crippen LogP contribution in [0.1, 0.15) is 44.1 Å². The van der Waals surface area contributed by atoms with E-state index in [0.717, 1.165) is 23.4 Å². The molecule has 1 spiro atoms. The lowest BCUT2D eigenvalue weighted by molar-refractivity contribution is -0.173. The van der Waals surface area contributed by atoms with Gasteiger partial charge in [0.25, 0.3) is 11.8 Å². The summed E-state index contributed by atoms with van der Waals surface area (Å²) in [5.74, 6) is -1.69. The van der Waals surface area contributed by atoms with Gasteiger partial charge < -0.3 is 25.2 Å². The first kappa shape index (κ1) is 26.2. The first-order chi connectivity index (χ1) is 19.0. The number of aromatic nitrogens is 3. The Morgan fingerprint density at radius 1 is 1.25 bits per heavy atom. The monoisotopic (exact) mass is 561 g/mol. The van der Waals surface area contributed by atoms with E-state index in [-0.39, 0.29) is 49.0 Å². The maximum Gasteiger partial charge on any atom is 0.422 e. The SMILES string of the molecule is O=C1N[C@@]2(CCc3cc(OCC(F)(F)F)ccc32)Cc2nn(-c3ccc(F)cn3)c(C(=O)NCC3(O)COC3)c21. The maximum absolute atomic E-state index is 13.6.